The highest BCUT2D eigenvalue weighted by Crippen LogP contribution is 2.20. The number of carbonyl (C=O) groups excluding carboxylic acids is 2. The number of hydrogen-bond acceptors (Lipinski definition) is 3. The van der Waals surface area contributed by atoms with Crippen LogP contribution in [-0.4, -0.2) is 22.8 Å². The molecule has 4 rings (SSSR count). The number of hydrogen-bond donors (Lipinski definition) is 2. The largest absolute Gasteiger partial charge is 0.368 e. The molecule has 1 atom stereocenters. The summed E-state index contributed by atoms with van der Waals surface area (Å²) < 4.78 is 0. The Labute approximate surface area is 174 Å². The molecule has 0 spiro atoms. The molecule has 5 nitrogen and oxygen atoms in total. The molecule has 0 unspecified atom stereocenters. The maximum Gasteiger partial charge on any atom is 0.253 e. The molecule has 5 heteroatoms. The third-order valence-corrected chi connectivity index (χ3v) is 5.00. The van der Waals surface area contributed by atoms with Crippen molar-refractivity contribution in [1.82, 2.24) is 10.3 Å². The van der Waals surface area contributed by atoms with Crippen LogP contribution in [0.5, 0.6) is 0 Å². The molecule has 4 aromatic rings. The van der Waals surface area contributed by atoms with Gasteiger partial charge in [0.2, 0.25) is 5.91 Å². The molecular weight excluding hydrogens is 374 g/mol. The van der Waals surface area contributed by atoms with Crippen LogP contribution >= 0.6 is 0 Å². The number of benzene rings is 3. The minimum atomic E-state index is -0.813. The van der Waals surface area contributed by atoms with Crippen molar-refractivity contribution >= 4 is 22.7 Å². The first kappa shape index (κ1) is 19.3. The number of nitrogens with zero attached hydrogens (tertiary/aromatic N) is 1. The van der Waals surface area contributed by atoms with Crippen molar-refractivity contribution < 1.29 is 9.59 Å². The fourth-order valence-corrected chi connectivity index (χ4v) is 3.36. The number of carbonyl (C=O) groups is 2. The molecular formula is C25H21N3O2. The highest BCUT2D eigenvalue weighted by atomic mass is 16.2. The lowest BCUT2D eigenvalue weighted by Gasteiger charge is -2.16. The lowest BCUT2D eigenvalue weighted by molar-refractivity contribution is -0.119. The van der Waals surface area contributed by atoms with E-state index in [2.05, 4.69) is 10.3 Å². The van der Waals surface area contributed by atoms with Crippen LogP contribution < -0.4 is 11.1 Å². The van der Waals surface area contributed by atoms with Gasteiger partial charge in [-0.15, -0.1) is 0 Å². The summed E-state index contributed by atoms with van der Waals surface area (Å²) in [4.78, 5) is 28.9. The lowest BCUT2D eigenvalue weighted by Crippen LogP contribution is -2.45. The number of nitrogens with one attached hydrogen (secondary N) is 1. The molecule has 0 aliphatic heterocycles. The van der Waals surface area contributed by atoms with Crippen molar-refractivity contribution in [1.29, 1.82) is 0 Å². The first-order valence-corrected chi connectivity index (χ1v) is 9.69. The maximum absolute atomic E-state index is 12.7. The van der Waals surface area contributed by atoms with Gasteiger partial charge in [0.1, 0.15) is 6.04 Å². The van der Waals surface area contributed by atoms with Crippen molar-refractivity contribution in [2.75, 3.05) is 0 Å². The Morgan fingerprint density at radius 2 is 1.53 bits per heavy atom. The SMILES string of the molecule is NC(=O)[C@@H](Cc1ccc(-c2ccccc2)cc1)NC(=O)c1cnc2ccccc2c1. The van der Waals surface area contributed by atoms with E-state index in [-0.39, 0.29) is 5.91 Å². The molecule has 2 amide bonds. The van der Waals surface area contributed by atoms with E-state index in [1.165, 1.54) is 6.20 Å². The van der Waals surface area contributed by atoms with Gasteiger partial charge in [-0.05, 0) is 28.8 Å². The van der Waals surface area contributed by atoms with Crippen LogP contribution in [-0.2, 0) is 11.2 Å². The summed E-state index contributed by atoms with van der Waals surface area (Å²) in [5.74, 6) is -0.956. The number of pyridine rings is 1. The van der Waals surface area contributed by atoms with Crippen LogP contribution in [0.25, 0.3) is 22.0 Å². The molecule has 0 radical (unpaired) electrons. The predicted molar refractivity (Wildman–Crippen MR) is 118 cm³/mol. The van der Waals surface area contributed by atoms with Gasteiger partial charge in [0.05, 0.1) is 11.1 Å². The summed E-state index contributed by atoms with van der Waals surface area (Å²) in [6.07, 6.45) is 1.82. The van der Waals surface area contributed by atoms with Gasteiger partial charge >= 0.3 is 0 Å². The first-order chi connectivity index (χ1) is 14.6. The quantitative estimate of drug-likeness (QED) is 0.522. The Morgan fingerprint density at radius 1 is 0.867 bits per heavy atom. The molecule has 0 fully saturated rings. The fourth-order valence-electron chi connectivity index (χ4n) is 3.36. The van der Waals surface area contributed by atoms with Crippen LogP contribution in [0.2, 0.25) is 0 Å². The van der Waals surface area contributed by atoms with E-state index in [0.29, 0.717) is 12.0 Å². The van der Waals surface area contributed by atoms with E-state index in [0.717, 1.165) is 27.6 Å². The average molecular weight is 395 g/mol. The summed E-state index contributed by atoms with van der Waals surface area (Å²) in [7, 11) is 0. The molecule has 30 heavy (non-hydrogen) atoms. The van der Waals surface area contributed by atoms with E-state index in [4.69, 9.17) is 5.73 Å². The average Bonchev–Trinajstić information content (AvgIpc) is 2.79. The minimum Gasteiger partial charge on any atom is -0.368 e. The highest BCUT2D eigenvalue weighted by Gasteiger charge is 2.20. The molecule has 0 saturated heterocycles. The van der Waals surface area contributed by atoms with E-state index < -0.39 is 11.9 Å². The van der Waals surface area contributed by atoms with Crippen molar-refractivity contribution in [3.05, 3.63) is 102 Å². The molecule has 0 aliphatic rings. The number of rotatable bonds is 6. The van der Waals surface area contributed by atoms with Gasteiger partial charge in [-0.1, -0.05) is 72.8 Å². The number of para-hydroxylation sites is 1. The second-order valence-corrected chi connectivity index (χ2v) is 7.11. The van der Waals surface area contributed by atoms with Gasteiger partial charge in [-0.25, -0.2) is 0 Å². The second kappa shape index (κ2) is 8.57. The molecule has 0 bridgehead atoms. The molecule has 3 aromatic carbocycles. The Balaban J connectivity index is 1.48. The molecule has 1 aromatic heterocycles. The van der Waals surface area contributed by atoms with Gasteiger partial charge < -0.3 is 11.1 Å². The van der Waals surface area contributed by atoms with Crippen LogP contribution in [0.4, 0.5) is 0 Å². The van der Waals surface area contributed by atoms with E-state index in [1.54, 1.807) is 6.07 Å². The maximum atomic E-state index is 12.7. The molecule has 0 saturated carbocycles. The third-order valence-electron chi connectivity index (χ3n) is 5.00. The zero-order valence-electron chi connectivity index (χ0n) is 16.3. The molecule has 3 N–H and O–H groups in total. The minimum absolute atomic E-state index is 0.317. The van der Waals surface area contributed by atoms with Gasteiger partial charge in [-0.3, -0.25) is 14.6 Å². The number of amides is 2. The summed E-state index contributed by atoms with van der Waals surface area (Å²) in [5.41, 5.74) is 9.86. The summed E-state index contributed by atoms with van der Waals surface area (Å²) in [6.45, 7) is 0. The van der Waals surface area contributed by atoms with Crippen molar-refractivity contribution in [3.8, 4) is 11.1 Å². The van der Waals surface area contributed by atoms with Gasteiger partial charge in [0, 0.05) is 18.0 Å². The smallest absolute Gasteiger partial charge is 0.253 e. The monoisotopic (exact) mass is 395 g/mol. The summed E-state index contributed by atoms with van der Waals surface area (Å²) in [6, 6.07) is 26.4. The Kier molecular flexibility index (Phi) is 5.52. The number of nitrogens with two attached hydrogens (primary N) is 1. The molecule has 1 heterocycles. The van der Waals surface area contributed by atoms with Gasteiger partial charge in [0.15, 0.2) is 0 Å². The first-order valence-electron chi connectivity index (χ1n) is 9.69. The second-order valence-electron chi connectivity index (χ2n) is 7.11. The topological polar surface area (TPSA) is 85.1 Å². The van der Waals surface area contributed by atoms with Crippen LogP contribution in [0.1, 0.15) is 15.9 Å². The number of fused-ring (bicyclic) bond motifs is 1. The predicted octanol–water partition coefficient (Wildman–Crippen LogP) is 3.73. The Hall–Kier alpha value is -3.99. The van der Waals surface area contributed by atoms with Crippen LogP contribution in [0.3, 0.4) is 0 Å². The van der Waals surface area contributed by atoms with Gasteiger partial charge in [-0.2, -0.15) is 0 Å². The zero-order valence-corrected chi connectivity index (χ0v) is 16.3. The number of aromatic nitrogens is 1. The van der Waals surface area contributed by atoms with Gasteiger partial charge in [0.25, 0.3) is 5.91 Å². The van der Waals surface area contributed by atoms with E-state index >= 15 is 0 Å². The van der Waals surface area contributed by atoms with Crippen molar-refractivity contribution in [3.63, 3.8) is 0 Å². The Bertz CT molecular complexity index is 1190. The highest BCUT2D eigenvalue weighted by molar-refractivity contribution is 5.99. The molecule has 0 aliphatic carbocycles. The van der Waals surface area contributed by atoms with Crippen LogP contribution in [0.15, 0.2) is 91.1 Å². The van der Waals surface area contributed by atoms with E-state index in [9.17, 15) is 9.59 Å². The molecule has 148 valence electrons. The van der Waals surface area contributed by atoms with Crippen molar-refractivity contribution in [2.24, 2.45) is 5.73 Å². The standard InChI is InChI=1S/C25H21N3O2/c26-24(29)23(14-17-10-12-19(13-11-17)18-6-2-1-3-7-18)28-25(30)21-15-20-8-4-5-9-22(20)27-16-21/h1-13,15-16,23H,14H2,(H2,26,29)(H,28,30)/t23-/m1/s1. The summed E-state index contributed by atoms with van der Waals surface area (Å²) >= 11 is 0. The van der Waals surface area contributed by atoms with Crippen molar-refractivity contribution in [2.45, 2.75) is 12.5 Å². The summed E-state index contributed by atoms with van der Waals surface area (Å²) in [5, 5.41) is 3.60. The number of primary amides is 1. The normalized spacial score (nSPS) is 11.7. The van der Waals surface area contributed by atoms with Crippen LogP contribution in [0, 0.1) is 0 Å². The fraction of sp³-hybridized carbons (Fsp3) is 0.0800. The third kappa shape index (κ3) is 4.36. The Morgan fingerprint density at radius 3 is 2.27 bits per heavy atom. The zero-order chi connectivity index (χ0) is 20.9. The van der Waals surface area contributed by atoms with E-state index in [1.807, 2.05) is 78.9 Å². The lowest BCUT2D eigenvalue weighted by atomic mass is 10.00.